The summed E-state index contributed by atoms with van der Waals surface area (Å²) in [6.45, 7) is 1.65. The molecule has 0 aliphatic rings. The molecule has 1 atom stereocenters. The van der Waals surface area contributed by atoms with Crippen LogP contribution in [0, 0.1) is 0 Å². The zero-order valence-electron chi connectivity index (χ0n) is 10.1. The Morgan fingerprint density at radius 1 is 1.44 bits per heavy atom. The largest absolute Gasteiger partial charge is 0.394 e. The zero-order chi connectivity index (χ0) is 13.0. The van der Waals surface area contributed by atoms with Gasteiger partial charge < -0.3 is 10.4 Å². The number of amides is 1. The van der Waals surface area contributed by atoms with Crippen molar-refractivity contribution in [3.05, 3.63) is 48.3 Å². The Hall–Kier alpha value is -2.14. The number of para-hydroxylation sites is 1. The zero-order valence-corrected chi connectivity index (χ0v) is 10.1. The molecular formula is C13H15N3O2. The molecule has 5 nitrogen and oxygen atoms in total. The van der Waals surface area contributed by atoms with Crippen molar-refractivity contribution in [2.24, 2.45) is 0 Å². The third kappa shape index (κ3) is 2.75. The Morgan fingerprint density at radius 3 is 2.83 bits per heavy atom. The lowest BCUT2D eigenvalue weighted by Crippen LogP contribution is -2.34. The fourth-order valence-corrected chi connectivity index (χ4v) is 1.51. The smallest absolute Gasteiger partial charge is 0.254 e. The second-order valence-electron chi connectivity index (χ2n) is 4.07. The number of aromatic nitrogens is 2. The highest BCUT2D eigenvalue weighted by Gasteiger charge is 2.11. The van der Waals surface area contributed by atoms with Gasteiger partial charge in [-0.25, -0.2) is 4.68 Å². The summed E-state index contributed by atoms with van der Waals surface area (Å²) >= 11 is 0. The number of rotatable bonds is 4. The Labute approximate surface area is 105 Å². The standard InChI is InChI=1S/C13H15N3O2/c1-10(9-17)15-13(18)11-7-14-16(8-11)12-5-3-2-4-6-12/h2-8,10,17H,9H2,1H3,(H,15,18)/t10-/m0/s1. The van der Waals surface area contributed by atoms with Crippen LogP contribution in [0.25, 0.3) is 5.69 Å². The van der Waals surface area contributed by atoms with Crippen molar-refractivity contribution in [3.63, 3.8) is 0 Å². The van der Waals surface area contributed by atoms with E-state index in [0.29, 0.717) is 5.56 Å². The molecule has 0 aliphatic heterocycles. The first kappa shape index (κ1) is 12.3. The minimum Gasteiger partial charge on any atom is -0.394 e. The molecule has 5 heteroatoms. The molecule has 18 heavy (non-hydrogen) atoms. The summed E-state index contributed by atoms with van der Waals surface area (Å²) in [5, 5.41) is 15.7. The minimum atomic E-state index is -0.266. The van der Waals surface area contributed by atoms with E-state index >= 15 is 0 Å². The van der Waals surface area contributed by atoms with Crippen molar-refractivity contribution >= 4 is 5.91 Å². The summed E-state index contributed by atoms with van der Waals surface area (Å²) in [7, 11) is 0. The summed E-state index contributed by atoms with van der Waals surface area (Å²) in [6, 6.07) is 9.28. The molecule has 1 aromatic carbocycles. The molecule has 1 heterocycles. The molecule has 2 N–H and O–H groups in total. The van der Waals surface area contributed by atoms with Crippen molar-refractivity contribution in [2.45, 2.75) is 13.0 Å². The van der Waals surface area contributed by atoms with E-state index in [0.717, 1.165) is 5.69 Å². The number of aliphatic hydroxyl groups is 1. The Kier molecular flexibility index (Phi) is 3.74. The number of hydrogen-bond donors (Lipinski definition) is 2. The van der Waals surface area contributed by atoms with E-state index in [1.807, 2.05) is 30.3 Å². The number of nitrogens with zero attached hydrogens (tertiary/aromatic N) is 2. The van der Waals surface area contributed by atoms with Gasteiger partial charge in [-0.05, 0) is 19.1 Å². The van der Waals surface area contributed by atoms with Crippen LogP contribution in [-0.4, -0.2) is 33.4 Å². The first-order chi connectivity index (χ1) is 8.70. The van der Waals surface area contributed by atoms with Gasteiger partial charge >= 0.3 is 0 Å². The molecule has 0 saturated heterocycles. The molecule has 94 valence electrons. The van der Waals surface area contributed by atoms with Gasteiger partial charge in [0, 0.05) is 12.2 Å². The number of benzene rings is 1. The molecule has 0 saturated carbocycles. The van der Waals surface area contributed by atoms with E-state index in [9.17, 15) is 4.79 Å². The van der Waals surface area contributed by atoms with E-state index in [1.165, 1.54) is 6.20 Å². The third-order valence-electron chi connectivity index (χ3n) is 2.52. The van der Waals surface area contributed by atoms with Gasteiger partial charge in [-0.3, -0.25) is 4.79 Å². The molecule has 1 aromatic heterocycles. The average Bonchev–Trinajstić information content (AvgIpc) is 2.89. The van der Waals surface area contributed by atoms with Crippen LogP contribution in [0.15, 0.2) is 42.7 Å². The molecule has 0 spiro atoms. The summed E-state index contributed by atoms with van der Waals surface area (Å²) in [5.74, 6) is -0.237. The molecule has 0 fully saturated rings. The van der Waals surface area contributed by atoms with E-state index < -0.39 is 0 Å². The fraction of sp³-hybridized carbons (Fsp3) is 0.231. The maximum atomic E-state index is 11.8. The van der Waals surface area contributed by atoms with E-state index in [-0.39, 0.29) is 18.6 Å². The normalized spacial score (nSPS) is 12.1. The Bertz CT molecular complexity index is 522. The van der Waals surface area contributed by atoms with Crippen LogP contribution >= 0.6 is 0 Å². The van der Waals surface area contributed by atoms with E-state index in [2.05, 4.69) is 10.4 Å². The van der Waals surface area contributed by atoms with Crippen LogP contribution in [0.5, 0.6) is 0 Å². The highest BCUT2D eigenvalue weighted by Crippen LogP contribution is 2.07. The van der Waals surface area contributed by atoms with Gasteiger partial charge in [0.25, 0.3) is 5.91 Å². The molecule has 2 aromatic rings. The van der Waals surface area contributed by atoms with Gasteiger partial charge in [-0.15, -0.1) is 0 Å². The maximum Gasteiger partial charge on any atom is 0.254 e. The first-order valence-corrected chi connectivity index (χ1v) is 5.72. The van der Waals surface area contributed by atoms with Gasteiger partial charge in [-0.2, -0.15) is 5.10 Å². The second kappa shape index (κ2) is 5.46. The highest BCUT2D eigenvalue weighted by molar-refractivity contribution is 5.93. The van der Waals surface area contributed by atoms with Crippen LogP contribution in [0.1, 0.15) is 17.3 Å². The van der Waals surface area contributed by atoms with E-state index in [4.69, 9.17) is 5.11 Å². The van der Waals surface area contributed by atoms with Gasteiger partial charge in [0.15, 0.2) is 0 Å². The quantitative estimate of drug-likeness (QED) is 0.844. The number of hydrogen-bond acceptors (Lipinski definition) is 3. The van der Waals surface area contributed by atoms with Crippen LogP contribution in [0.4, 0.5) is 0 Å². The van der Waals surface area contributed by atoms with Gasteiger partial charge in [-0.1, -0.05) is 18.2 Å². The number of aliphatic hydroxyl groups excluding tert-OH is 1. The second-order valence-corrected chi connectivity index (χ2v) is 4.07. The summed E-state index contributed by atoms with van der Waals surface area (Å²) < 4.78 is 1.64. The van der Waals surface area contributed by atoms with E-state index in [1.54, 1.807) is 17.8 Å². The lowest BCUT2D eigenvalue weighted by Gasteiger charge is -2.08. The lowest BCUT2D eigenvalue weighted by atomic mass is 10.3. The minimum absolute atomic E-state index is 0.0848. The van der Waals surface area contributed by atoms with Gasteiger partial charge in [0.05, 0.1) is 24.1 Å². The van der Waals surface area contributed by atoms with Gasteiger partial charge in [0.1, 0.15) is 0 Å². The number of carbonyl (C=O) groups is 1. The first-order valence-electron chi connectivity index (χ1n) is 5.72. The van der Waals surface area contributed by atoms with Crippen LogP contribution in [0.2, 0.25) is 0 Å². The van der Waals surface area contributed by atoms with Crippen molar-refractivity contribution in [1.29, 1.82) is 0 Å². The SMILES string of the molecule is C[C@@H](CO)NC(=O)c1cnn(-c2ccccc2)c1. The van der Waals surface area contributed by atoms with Crippen molar-refractivity contribution in [3.8, 4) is 5.69 Å². The monoisotopic (exact) mass is 245 g/mol. The van der Waals surface area contributed by atoms with Crippen molar-refractivity contribution in [2.75, 3.05) is 6.61 Å². The Balaban J connectivity index is 2.13. The van der Waals surface area contributed by atoms with Crippen molar-refractivity contribution in [1.82, 2.24) is 15.1 Å². The summed E-state index contributed by atoms with van der Waals surface area (Å²) in [6.07, 6.45) is 3.17. The molecule has 0 radical (unpaired) electrons. The number of carbonyl (C=O) groups excluding carboxylic acids is 1. The molecule has 1 amide bonds. The molecule has 0 aliphatic carbocycles. The number of nitrogens with one attached hydrogen (secondary N) is 1. The molecular weight excluding hydrogens is 230 g/mol. The Morgan fingerprint density at radius 2 is 2.17 bits per heavy atom. The molecule has 0 unspecified atom stereocenters. The van der Waals surface area contributed by atoms with Gasteiger partial charge in [0.2, 0.25) is 0 Å². The topological polar surface area (TPSA) is 67.2 Å². The fourth-order valence-electron chi connectivity index (χ4n) is 1.51. The van der Waals surface area contributed by atoms with Crippen LogP contribution in [-0.2, 0) is 0 Å². The maximum absolute atomic E-state index is 11.8. The molecule has 2 rings (SSSR count). The van der Waals surface area contributed by atoms with Crippen molar-refractivity contribution < 1.29 is 9.90 Å². The van der Waals surface area contributed by atoms with Crippen LogP contribution < -0.4 is 5.32 Å². The molecule has 0 bridgehead atoms. The third-order valence-corrected chi connectivity index (χ3v) is 2.52. The highest BCUT2D eigenvalue weighted by atomic mass is 16.3. The van der Waals surface area contributed by atoms with Crippen LogP contribution in [0.3, 0.4) is 0 Å². The average molecular weight is 245 g/mol. The predicted octanol–water partition coefficient (Wildman–Crippen LogP) is 0.983. The lowest BCUT2D eigenvalue weighted by molar-refractivity contribution is 0.0922. The summed E-state index contributed by atoms with van der Waals surface area (Å²) in [5.41, 5.74) is 1.37. The summed E-state index contributed by atoms with van der Waals surface area (Å²) in [4.78, 5) is 11.8. The predicted molar refractivity (Wildman–Crippen MR) is 67.6 cm³/mol.